The van der Waals surface area contributed by atoms with E-state index in [1.807, 2.05) is 0 Å². The van der Waals surface area contributed by atoms with Crippen molar-refractivity contribution < 1.29 is 13.2 Å². The molecular weight excluding hydrogens is 433 g/mol. The molecule has 6 nitrogen and oxygen atoms in total. The summed E-state index contributed by atoms with van der Waals surface area (Å²) in [5.41, 5.74) is 3.68. The van der Waals surface area contributed by atoms with E-state index < -0.39 is 22.5 Å². The average Bonchev–Trinajstić information content (AvgIpc) is 2.55. The number of carbonyl (C=O) groups is 1. The topological polar surface area (TPSA) is 78.8 Å². The van der Waals surface area contributed by atoms with E-state index in [9.17, 15) is 13.2 Å². The van der Waals surface area contributed by atoms with Gasteiger partial charge in [-0.3, -0.25) is 9.10 Å². The standard InChI is InChI=1S/C17H16Cl3N3O3S/c1-11-8-12(18)6-7-16(11)23(27(2,25)26)10-17(24)22-21-9-13-14(19)4-3-5-15(13)20/h3-9H,10H2,1-2H3,(H,22,24)/b21-9-. The number of halogens is 3. The van der Waals surface area contributed by atoms with Gasteiger partial charge in [0.05, 0.1) is 28.2 Å². The Bertz CT molecular complexity index is 974. The van der Waals surface area contributed by atoms with E-state index in [0.29, 0.717) is 31.9 Å². The van der Waals surface area contributed by atoms with Gasteiger partial charge in [0.2, 0.25) is 10.0 Å². The predicted octanol–water partition coefficient (Wildman–Crippen LogP) is 3.87. The van der Waals surface area contributed by atoms with E-state index in [4.69, 9.17) is 34.8 Å². The molecule has 2 aromatic carbocycles. The summed E-state index contributed by atoms with van der Waals surface area (Å²) in [6.45, 7) is 1.25. The maximum atomic E-state index is 12.2. The Hall–Kier alpha value is -1.80. The molecule has 0 aliphatic heterocycles. The summed E-state index contributed by atoms with van der Waals surface area (Å²) in [5, 5.41) is 5.00. The van der Waals surface area contributed by atoms with E-state index in [0.717, 1.165) is 10.6 Å². The molecule has 0 unspecified atom stereocenters. The Kier molecular flexibility index (Phi) is 7.11. The van der Waals surface area contributed by atoms with E-state index in [-0.39, 0.29) is 0 Å². The molecule has 0 fully saturated rings. The van der Waals surface area contributed by atoms with Crippen LogP contribution in [0.15, 0.2) is 41.5 Å². The van der Waals surface area contributed by atoms with Crippen molar-refractivity contribution in [1.29, 1.82) is 0 Å². The summed E-state index contributed by atoms with van der Waals surface area (Å²) in [6, 6.07) is 9.65. The first-order valence-corrected chi connectivity index (χ1v) is 10.6. The first-order chi connectivity index (χ1) is 12.6. The molecule has 0 aromatic heterocycles. The SMILES string of the molecule is Cc1cc(Cl)ccc1N(CC(=O)N/N=C\c1c(Cl)cccc1Cl)S(C)(=O)=O. The van der Waals surface area contributed by atoms with Crippen molar-refractivity contribution in [3.8, 4) is 0 Å². The van der Waals surface area contributed by atoms with Gasteiger partial charge in [-0.1, -0.05) is 40.9 Å². The number of nitrogens with one attached hydrogen (secondary N) is 1. The van der Waals surface area contributed by atoms with Crippen LogP contribution in [0.1, 0.15) is 11.1 Å². The lowest BCUT2D eigenvalue weighted by Crippen LogP contribution is -2.39. The molecule has 2 aromatic rings. The molecule has 1 amide bonds. The van der Waals surface area contributed by atoms with Gasteiger partial charge in [-0.05, 0) is 42.8 Å². The number of hydrogen-bond donors (Lipinski definition) is 1. The minimum atomic E-state index is -3.70. The summed E-state index contributed by atoms with van der Waals surface area (Å²) >= 11 is 17.9. The highest BCUT2D eigenvalue weighted by Gasteiger charge is 2.22. The van der Waals surface area contributed by atoms with Crippen molar-refractivity contribution >= 4 is 62.6 Å². The Morgan fingerprint density at radius 1 is 1.19 bits per heavy atom. The van der Waals surface area contributed by atoms with Crippen LogP contribution in [0.4, 0.5) is 5.69 Å². The second-order valence-corrected chi connectivity index (χ2v) is 8.79. The minimum absolute atomic E-state index is 0.357. The highest BCUT2D eigenvalue weighted by atomic mass is 35.5. The van der Waals surface area contributed by atoms with E-state index in [2.05, 4.69) is 10.5 Å². The lowest BCUT2D eigenvalue weighted by atomic mass is 10.2. The fourth-order valence-electron chi connectivity index (χ4n) is 2.25. The molecule has 0 aliphatic rings. The number of anilines is 1. The molecule has 0 radical (unpaired) electrons. The first-order valence-electron chi connectivity index (χ1n) is 7.59. The van der Waals surface area contributed by atoms with Crippen LogP contribution in [-0.4, -0.2) is 33.3 Å². The second-order valence-electron chi connectivity index (χ2n) is 5.63. The molecule has 10 heteroatoms. The predicted molar refractivity (Wildman–Crippen MR) is 111 cm³/mol. The van der Waals surface area contributed by atoms with Crippen LogP contribution in [0.25, 0.3) is 0 Å². The quantitative estimate of drug-likeness (QED) is 0.538. The van der Waals surface area contributed by atoms with E-state index in [1.165, 1.54) is 6.21 Å². The molecule has 0 bridgehead atoms. The molecule has 1 N–H and O–H groups in total. The third-order valence-electron chi connectivity index (χ3n) is 3.50. The third kappa shape index (κ3) is 5.84. The van der Waals surface area contributed by atoms with Crippen LogP contribution in [0.2, 0.25) is 15.1 Å². The highest BCUT2D eigenvalue weighted by molar-refractivity contribution is 7.92. The molecule has 0 spiro atoms. The normalized spacial score (nSPS) is 11.6. The summed E-state index contributed by atoms with van der Waals surface area (Å²) in [5.74, 6) is -0.630. The number of benzene rings is 2. The molecule has 0 saturated heterocycles. The number of rotatable bonds is 6. The summed E-state index contributed by atoms with van der Waals surface area (Å²) < 4.78 is 25.2. The van der Waals surface area contributed by atoms with Crippen molar-refractivity contribution in [3.05, 3.63) is 62.6 Å². The van der Waals surface area contributed by atoms with Gasteiger partial charge >= 0.3 is 0 Å². The molecule has 0 aliphatic carbocycles. The van der Waals surface area contributed by atoms with Gasteiger partial charge in [0.15, 0.2) is 0 Å². The summed E-state index contributed by atoms with van der Waals surface area (Å²) in [4.78, 5) is 12.2. The maximum Gasteiger partial charge on any atom is 0.260 e. The largest absolute Gasteiger partial charge is 0.271 e. The number of hydrogen-bond acceptors (Lipinski definition) is 4. The second kappa shape index (κ2) is 8.93. The maximum absolute atomic E-state index is 12.2. The van der Waals surface area contributed by atoms with Crippen LogP contribution in [0, 0.1) is 6.92 Å². The Labute approximate surface area is 172 Å². The lowest BCUT2D eigenvalue weighted by molar-refractivity contribution is -0.119. The summed E-state index contributed by atoms with van der Waals surface area (Å²) in [6.07, 6.45) is 2.31. The smallest absolute Gasteiger partial charge is 0.260 e. The molecular formula is C17H16Cl3N3O3S. The van der Waals surface area contributed by atoms with Crippen molar-refractivity contribution in [3.63, 3.8) is 0 Å². The van der Waals surface area contributed by atoms with Crippen molar-refractivity contribution in [2.75, 3.05) is 17.1 Å². The molecule has 144 valence electrons. The van der Waals surface area contributed by atoms with Crippen molar-refractivity contribution in [2.45, 2.75) is 6.92 Å². The first kappa shape index (κ1) is 21.5. The van der Waals surface area contributed by atoms with Gasteiger partial charge in [0.25, 0.3) is 5.91 Å². The van der Waals surface area contributed by atoms with Crippen molar-refractivity contribution in [2.24, 2.45) is 5.10 Å². The number of sulfonamides is 1. The van der Waals surface area contributed by atoms with Gasteiger partial charge in [-0.15, -0.1) is 0 Å². The number of nitrogens with zero attached hydrogens (tertiary/aromatic N) is 2. The Balaban J connectivity index is 2.16. The van der Waals surface area contributed by atoms with Gasteiger partial charge in [-0.25, -0.2) is 13.8 Å². The average molecular weight is 449 g/mol. The molecule has 2 rings (SSSR count). The van der Waals surface area contributed by atoms with Gasteiger partial charge in [0.1, 0.15) is 6.54 Å². The zero-order chi connectivity index (χ0) is 20.2. The number of carbonyl (C=O) groups excluding carboxylic acids is 1. The molecule has 0 atom stereocenters. The summed E-state index contributed by atoms with van der Waals surface area (Å²) in [7, 11) is -3.70. The van der Waals surface area contributed by atoms with Crippen LogP contribution < -0.4 is 9.73 Å². The highest BCUT2D eigenvalue weighted by Crippen LogP contribution is 2.25. The fourth-order valence-corrected chi connectivity index (χ4v) is 3.88. The molecule has 27 heavy (non-hydrogen) atoms. The van der Waals surface area contributed by atoms with Crippen LogP contribution in [-0.2, 0) is 14.8 Å². The number of hydrazone groups is 1. The zero-order valence-corrected chi connectivity index (χ0v) is 17.5. The van der Waals surface area contributed by atoms with Crippen molar-refractivity contribution in [1.82, 2.24) is 5.43 Å². The molecule has 0 saturated carbocycles. The van der Waals surface area contributed by atoms with Gasteiger partial charge in [-0.2, -0.15) is 5.10 Å². The Morgan fingerprint density at radius 3 is 2.37 bits per heavy atom. The monoisotopic (exact) mass is 447 g/mol. The Morgan fingerprint density at radius 2 is 1.81 bits per heavy atom. The van der Waals surface area contributed by atoms with E-state index in [1.54, 1.807) is 43.3 Å². The lowest BCUT2D eigenvalue weighted by Gasteiger charge is -2.23. The minimum Gasteiger partial charge on any atom is -0.271 e. The van der Waals surface area contributed by atoms with Gasteiger partial charge in [0, 0.05) is 10.6 Å². The van der Waals surface area contributed by atoms with Crippen LogP contribution >= 0.6 is 34.8 Å². The van der Waals surface area contributed by atoms with Crippen LogP contribution in [0.3, 0.4) is 0 Å². The third-order valence-corrected chi connectivity index (χ3v) is 5.52. The number of aryl methyl sites for hydroxylation is 1. The number of amides is 1. The van der Waals surface area contributed by atoms with Crippen LogP contribution in [0.5, 0.6) is 0 Å². The van der Waals surface area contributed by atoms with Gasteiger partial charge < -0.3 is 0 Å². The molecule has 0 heterocycles. The van der Waals surface area contributed by atoms with E-state index >= 15 is 0 Å². The zero-order valence-electron chi connectivity index (χ0n) is 14.4. The fraction of sp³-hybridized carbons (Fsp3) is 0.176.